The zero-order valence-electron chi connectivity index (χ0n) is 12.0. The van der Waals surface area contributed by atoms with Gasteiger partial charge in [0.15, 0.2) is 0 Å². The second kappa shape index (κ2) is 5.07. The first-order valence-electron chi connectivity index (χ1n) is 6.51. The van der Waals surface area contributed by atoms with E-state index in [0.717, 1.165) is 12.2 Å². The average molecular weight is 263 g/mol. The Morgan fingerprint density at radius 1 is 1.42 bits per heavy atom. The number of amides is 1. The van der Waals surface area contributed by atoms with Crippen LogP contribution < -0.4 is 0 Å². The van der Waals surface area contributed by atoms with E-state index in [1.165, 1.54) is 5.57 Å². The predicted octanol–water partition coefficient (Wildman–Crippen LogP) is 2.44. The van der Waals surface area contributed by atoms with Crippen molar-refractivity contribution >= 4 is 11.7 Å². The molecule has 1 aromatic rings. The Morgan fingerprint density at radius 3 is 2.63 bits per heavy atom. The van der Waals surface area contributed by atoms with Crippen LogP contribution in [0.4, 0.5) is 4.79 Å². The number of rotatable bonds is 1. The van der Waals surface area contributed by atoms with Crippen LogP contribution in [-0.4, -0.2) is 39.2 Å². The Labute approximate surface area is 113 Å². The molecule has 19 heavy (non-hydrogen) atoms. The molecule has 0 unspecified atom stereocenters. The summed E-state index contributed by atoms with van der Waals surface area (Å²) < 4.78 is 7.36. The molecule has 0 aliphatic carbocycles. The maximum absolute atomic E-state index is 11.9. The fourth-order valence-electron chi connectivity index (χ4n) is 2.04. The van der Waals surface area contributed by atoms with Gasteiger partial charge >= 0.3 is 6.09 Å². The fraction of sp³-hybridized carbons (Fsp3) is 0.571. The largest absolute Gasteiger partial charge is 0.444 e. The molecule has 2 heterocycles. The van der Waals surface area contributed by atoms with E-state index in [-0.39, 0.29) is 6.09 Å². The van der Waals surface area contributed by atoms with Crippen LogP contribution in [0.15, 0.2) is 18.5 Å². The Balaban J connectivity index is 2.00. The van der Waals surface area contributed by atoms with Gasteiger partial charge in [-0.25, -0.2) is 9.78 Å². The van der Waals surface area contributed by atoms with Gasteiger partial charge in [0.25, 0.3) is 0 Å². The second-order valence-corrected chi connectivity index (χ2v) is 5.77. The van der Waals surface area contributed by atoms with E-state index >= 15 is 0 Å². The number of hydrogen-bond acceptors (Lipinski definition) is 3. The SMILES string of the molecule is Cn1ccnc1C1=CCN(C(=O)OC(C)(C)C)CC1. The van der Waals surface area contributed by atoms with Crippen LogP contribution in [0.5, 0.6) is 0 Å². The molecule has 5 nitrogen and oxygen atoms in total. The van der Waals surface area contributed by atoms with E-state index in [9.17, 15) is 4.79 Å². The Morgan fingerprint density at radius 2 is 2.16 bits per heavy atom. The van der Waals surface area contributed by atoms with Crippen LogP contribution in [0.1, 0.15) is 33.0 Å². The number of imidazole rings is 1. The van der Waals surface area contributed by atoms with Crippen molar-refractivity contribution in [3.05, 3.63) is 24.3 Å². The zero-order chi connectivity index (χ0) is 14.0. The van der Waals surface area contributed by atoms with Crippen LogP contribution in [0.3, 0.4) is 0 Å². The Bertz CT molecular complexity index is 497. The van der Waals surface area contributed by atoms with Crippen molar-refractivity contribution in [1.29, 1.82) is 0 Å². The third-order valence-corrected chi connectivity index (χ3v) is 2.97. The number of carbonyl (C=O) groups excluding carboxylic acids is 1. The van der Waals surface area contributed by atoms with Gasteiger partial charge in [-0.2, -0.15) is 0 Å². The van der Waals surface area contributed by atoms with E-state index in [2.05, 4.69) is 11.1 Å². The molecule has 0 bridgehead atoms. The molecule has 1 amide bonds. The summed E-state index contributed by atoms with van der Waals surface area (Å²) in [5, 5.41) is 0. The molecule has 2 rings (SSSR count). The van der Waals surface area contributed by atoms with Crippen LogP contribution >= 0.6 is 0 Å². The lowest BCUT2D eigenvalue weighted by Gasteiger charge is -2.29. The second-order valence-electron chi connectivity index (χ2n) is 5.77. The fourth-order valence-corrected chi connectivity index (χ4v) is 2.04. The monoisotopic (exact) mass is 263 g/mol. The van der Waals surface area contributed by atoms with E-state index in [0.29, 0.717) is 13.1 Å². The first-order valence-corrected chi connectivity index (χ1v) is 6.51. The van der Waals surface area contributed by atoms with Crippen molar-refractivity contribution in [2.24, 2.45) is 7.05 Å². The molecule has 0 saturated carbocycles. The topological polar surface area (TPSA) is 47.4 Å². The van der Waals surface area contributed by atoms with Crippen molar-refractivity contribution in [3.63, 3.8) is 0 Å². The molecular formula is C14H21N3O2. The Kier molecular flexibility index (Phi) is 3.64. The van der Waals surface area contributed by atoms with E-state index in [4.69, 9.17) is 4.74 Å². The molecule has 0 saturated heterocycles. The molecular weight excluding hydrogens is 242 g/mol. The molecule has 1 aliphatic heterocycles. The summed E-state index contributed by atoms with van der Waals surface area (Å²) in [4.78, 5) is 18.0. The molecule has 5 heteroatoms. The summed E-state index contributed by atoms with van der Waals surface area (Å²) in [6.07, 6.45) is 6.33. The summed E-state index contributed by atoms with van der Waals surface area (Å²) in [6, 6.07) is 0. The number of nitrogens with zero attached hydrogens (tertiary/aromatic N) is 3. The maximum Gasteiger partial charge on any atom is 0.410 e. The lowest BCUT2D eigenvalue weighted by molar-refractivity contribution is 0.0270. The summed E-state index contributed by atoms with van der Waals surface area (Å²) in [5.41, 5.74) is 0.744. The van der Waals surface area contributed by atoms with Gasteiger partial charge in [-0.1, -0.05) is 6.08 Å². The maximum atomic E-state index is 11.9. The molecule has 0 fully saturated rings. The standard InChI is InChI=1S/C14H21N3O2/c1-14(2,3)19-13(18)17-8-5-11(6-9-17)12-15-7-10-16(12)4/h5,7,10H,6,8-9H2,1-4H3. The highest BCUT2D eigenvalue weighted by Gasteiger charge is 2.24. The number of carbonyl (C=O) groups is 1. The molecule has 104 valence electrons. The van der Waals surface area contributed by atoms with Gasteiger partial charge in [-0.15, -0.1) is 0 Å². The minimum absolute atomic E-state index is 0.248. The lowest BCUT2D eigenvalue weighted by Crippen LogP contribution is -2.39. The lowest BCUT2D eigenvalue weighted by atomic mass is 10.1. The van der Waals surface area contributed by atoms with Gasteiger partial charge in [0.1, 0.15) is 11.4 Å². The summed E-state index contributed by atoms with van der Waals surface area (Å²) in [7, 11) is 1.98. The zero-order valence-corrected chi connectivity index (χ0v) is 12.0. The summed E-state index contributed by atoms with van der Waals surface area (Å²) in [6.45, 7) is 6.89. The highest BCUT2D eigenvalue weighted by molar-refractivity contribution is 5.71. The highest BCUT2D eigenvalue weighted by Crippen LogP contribution is 2.21. The van der Waals surface area contributed by atoms with Gasteiger partial charge in [0.05, 0.1) is 0 Å². The number of aryl methyl sites for hydroxylation is 1. The van der Waals surface area contributed by atoms with Crippen molar-refractivity contribution < 1.29 is 9.53 Å². The first-order chi connectivity index (χ1) is 8.87. The normalized spacial score (nSPS) is 16.2. The smallest absolute Gasteiger partial charge is 0.410 e. The molecule has 0 N–H and O–H groups in total. The van der Waals surface area contributed by atoms with Gasteiger partial charge in [-0.3, -0.25) is 0 Å². The van der Waals surface area contributed by atoms with Crippen molar-refractivity contribution in [2.75, 3.05) is 13.1 Å². The third kappa shape index (κ3) is 3.36. The minimum Gasteiger partial charge on any atom is -0.444 e. The van der Waals surface area contributed by atoms with Gasteiger partial charge in [0.2, 0.25) is 0 Å². The number of aromatic nitrogens is 2. The van der Waals surface area contributed by atoms with Gasteiger partial charge in [-0.05, 0) is 32.8 Å². The highest BCUT2D eigenvalue weighted by atomic mass is 16.6. The van der Waals surface area contributed by atoms with Crippen molar-refractivity contribution in [2.45, 2.75) is 32.8 Å². The summed E-state index contributed by atoms with van der Waals surface area (Å²) >= 11 is 0. The van der Waals surface area contributed by atoms with E-state index in [1.807, 2.05) is 38.6 Å². The molecule has 0 radical (unpaired) electrons. The van der Waals surface area contributed by atoms with Gasteiger partial charge < -0.3 is 14.2 Å². The van der Waals surface area contributed by atoms with Crippen LogP contribution in [0, 0.1) is 0 Å². The van der Waals surface area contributed by atoms with Crippen molar-refractivity contribution in [3.8, 4) is 0 Å². The average Bonchev–Trinajstić information content (AvgIpc) is 2.73. The van der Waals surface area contributed by atoms with Gasteiger partial charge in [0, 0.05) is 32.5 Å². The Hall–Kier alpha value is -1.78. The van der Waals surface area contributed by atoms with Crippen LogP contribution in [0.2, 0.25) is 0 Å². The third-order valence-electron chi connectivity index (χ3n) is 2.97. The minimum atomic E-state index is -0.444. The predicted molar refractivity (Wildman–Crippen MR) is 73.6 cm³/mol. The number of hydrogen-bond donors (Lipinski definition) is 0. The van der Waals surface area contributed by atoms with E-state index < -0.39 is 5.60 Å². The molecule has 0 aromatic carbocycles. The molecule has 1 aromatic heterocycles. The van der Waals surface area contributed by atoms with E-state index in [1.54, 1.807) is 11.1 Å². The molecule has 0 atom stereocenters. The quantitative estimate of drug-likeness (QED) is 0.782. The molecule has 0 spiro atoms. The van der Waals surface area contributed by atoms with Crippen molar-refractivity contribution in [1.82, 2.24) is 14.5 Å². The summed E-state index contributed by atoms with van der Waals surface area (Å²) in [5.74, 6) is 0.976. The van der Waals surface area contributed by atoms with Crippen LogP contribution in [-0.2, 0) is 11.8 Å². The first kappa shape index (κ1) is 13.6. The van der Waals surface area contributed by atoms with Crippen LogP contribution in [0.25, 0.3) is 5.57 Å². The molecule has 1 aliphatic rings. The number of ether oxygens (including phenoxy) is 1.